The number of hydrogen-bond acceptors (Lipinski definition) is 6. The molecule has 0 radical (unpaired) electrons. The van der Waals surface area contributed by atoms with Crippen molar-refractivity contribution in [1.29, 1.82) is 0 Å². The van der Waals surface area contributed by atoms with Crippen LogP contribution >= 0.6 is 11.3 Å². The molecule has 0 unspecified atom stereocenters. The first-order valence-corrected chi connectivity index (χ1v) is 12.9. The molecule has 1 aromatic heterocycles. The Hall–Kier alpha value is -3.69. The first-order valence-electron chi connectivity index (χ1n) is 10.5. The zero-order chi connectivity index (χ0) is 24.0. The van der Waals surface area contributed by atoms with Gasteiger partial charge in [0.1, 0.15) is 5.75 Å². The van der Waals surface area contributed by atoms with Crippen molar-refractivity contribution in [3.05, 3.63) is 82.6 Å². The molecule has 0 atom stereocenters. The number of carbonyl (C=O) groups excluding carboxylic acids is 2. The highest BCUT2D eigenvalue weighted by atomic mass is 32.2. The van der Waals surface area contributed by atoms with Crippen molar-refractivity contribution in [2.75, 3.05) is 22.9 Å². The summed E-state index contributed by atoms with van der Waals surface area (Å²) >= 11 is 1.16. The summed E-state index contributed by atoms with van der Waals surface area (Å²) in [7, 11) is -2.70. The lowest BCUT2D eigenvalue weighted by atomic mass is 10.1. The summed E-state index contributed by atoms with van der Waals surface area (Å²) in [6, 6.07) is 17.7. The van der Waals surface area contributed by atoms with E-state index in [2.05, 4.69) is 0 Å². The van der Waals surface area contributed by atoms with E-state index in [1.54, 1.807) is 73.1 Å². The molecule has 0 aliphatic carbocycles. The second-order valence-electron chi connectivity index (χ2n) is 7.65. The maximum Gasteiger partial charge on any atom is 0.282 e. The summed E-state index contributed by atoms with van der Waals surface area (Å²) < 4.78 is 34.4. The lowest BCUT2D eigenvalue weighted by molar-refractivity contribution is 0.0994. The molecule has 1 aliphatic rings. The molecule has 5 rings (SSSR count). The van der Waals surface area contributed by atoms with Crippen molar-refractivity contribution in [3.63, 3.8) is 0 Å². The van der Waals surface area contributed by atoms with Gasteiger partial charge in [0.25, 0.3) is 21.8 Å². The van der Waals surface area contributed by atoms with Gasteiger partial charge in [-0.2, -0.15) is 4.31 Å². The zero-order valence-corrected chi connectivity index (χ0v) is 20.0. The number of amides is 2. The van der Waals surface area contributed by atoms with Gasteiger partial charge in [0, 0.05) is 23.4 Å². The Labute approximate surface area is 200 Å². The number of anilines is 2. The standard InChI is InChI=1S/C25H20N2O5S2/c1-3-32-17-11-9-16(10-12-17)27(25(29)21-8-5-15-33-21)34(30,31)22-14-13-20-23-18(22)6-4-7-19(23)24(28)26(20)2/h4-15H,3H2,1-2H3. The summed E-state index contributed by atoms with van der Waals surface area (Å²) in [6.07, 6.45) is 0. The molecule has 1 aliphatic heterocycles. The van der Waals surface area contributed by atoms with E-state index in [0.29, 0.717) is 39.3 Å². The van der Waals surface area contributed by atoms with Gasteiger partial charge in [0.05, 0.1) is 27.8 Å². The number of nitrogens with zero attached hydrogens (tertiary/aromatic N) is 2. The van der Waals surface area contributed by atoms with Crippen LogP contribution in [0.4, 0.5) is 11.4 Å². The molecule has 3 aromatic carbocycles. The summed E-state index contributed by atoms with van der Waals surface area (Å²) in [5.41, 5.74) is 1.26. The second kappa shape index (κ2) is 8.27. The summed E-state index contributed by atoms with van der Waals surface area (Å²) in [6.45, 7) is 2.31. The van der Waals surface area contributed by atoms with Crippen LogP contribution in [0.1, 0.15) is 27.0 Å². The Kier molecular flexibility index (Phi) is 5.38. The topological polar surface area (TPSA) is 84.0 Å². The van der Waals surface area contributed by atoms with E-state index in [1.807, 2.05) is 6.92 Å². The molecule has 7 nitrogen and oxygen atoms in total. The quantitative estimate of drug-likeness (QED) is 0.381. The molecule has 172 valence electrons. The van der Waals surface area contributed by atoms with E-state index < -0.39 is 15.9 Å². The lowest BCUT2D eigenvalue weighted by Crippen LogP contribution is -2.36. The van der Waals surface area contributed by atoms with Crippen LogP contribution in [0.5, 0.6) is 5.75 Å². The molecule has 0 bridgehead atoms. The highest BCUT2D eigenvalue weighted by Crippen LogP contribution is 2.41. The summed E-state index contributed by atoms with van der Waals surface area (Å²) in [5.74, 6) is -0.289. The number of hydrogen-bond donors (Lipinski definition) is 0. The fourth-order valence-electron chi connectivity index (χ4n) is 4.14. The Morgan fingerprint density at radius 1 is 1.03 bits per heavy atom. The minimum Gasteiger partial charge on any atom is -0.494 e. The molecule has 0 N–H and O–H groups in total. The SMILES string of the molecule is CCOc1ccc(N(C(=O)c2cccs2)S(=O)(=O)c2ccc3c4c(cccc24)C(=O)N3C)cc1. The molecule has 0 spiro atoms. The minimum atomic E-state index is -4.35. The number of carbonyl (C=O) groups is 2. The van der Waals surface area contributed by atoms with Gasteiger partial charge in [-0.1, -0.05) is 18.2 Å². The predicted molar refractivity (Wildman–Crippen MR) is 133 cm³/mol. The Morgan fingerprint density at radius 2 is 1.79 bits per heavy atom. The summed E-state index contributed by atoms with van der Waals surface area (Å²) in [5, 5.41) is 2.67. The number of thiophene rings is 1. The van der Waals surface area contributed by atoms with Gasteiger partial charge in [0.15, 0.2) is 0 Å². The Morgan fingerprint density at radius 3 is 2.47 bits per heavy atom. The highest BCUT2D eigenvalue weighted by Gasteiger charge is 2.36. The van der Waals surface area contributed by atoms with Gasteiger partial charge in [-0.3, -0.25) is 9.59 Å². The molecule has 0 saturated heterocycles. The molecule has 2 amide bonds. The van der Waals surface area contributed by atoms with E-state index in [4.69, 9.17) is 4.74 Å². The van der Waals surface area contributed by atoms with Crippen molar-refractivity contribution in [2.45, 2.75) is 11.8 Å². The van der Waals surface area contributed by atoms with Crippen molar-refractivity contribution in [1.82, 2.24) is 0 Å². The molecule has 34 heavy (non-hydrogen) atoms. The molecular weight excluding hydrogens is 472 g/mol. The number of rotatable bonds is 6. The molecular formula is C25H20N2O5S2. The van der Waals surface area contributed by atoms with E-state index in [9.17, 15) is 18.0 Å². The second-order valence-corrected chi connectivity index (χ2v) is 10.4. The van der Waals surface area contributed by atoms with Crippen LogP contribution in [-0.2, 0) is 10.0 Å². The van der Waals surface area contributed by atoms with Crippen LogP contribution in [0.15, 0.2) is 77.0 Å². The first-order chi connectivity index (χ1) is 16.3. The van der Waals surface area contributed by atoms with Gasteiger partial charge < -0.3 is 9.64 Å². The van der Waals surface area contributed by atoms with E-state index in [-0.39, 0.29) is 16.5 Å². The fourth-order valence-corrected chi connectivity index (χ4v) is 6.45. The van der Waals surface area contributed by atoms with E-state index in [1.165, 1.54) is 11.0 Å². The maximum atomic E-state index is 14.1. The molecule has 0 fully saturated rings. The van der Waals surface area contributed by atoms with Gasteiger partial charge in [-0.25, -0.2) is 8.42 Å². The van der Waals surface area contributed by atoms with E-state index >= 15 is 0 Å². The minimum absolute atomic E-state index is 0.0463. The average molecular weight is 493 g/mol. The lowest BCUT2D eigenvalue weighted by Gasteiger charge is -2.23. The maximum absolute atomic E-state index is 14.1. The Bertz CT molecular complexity index is 1530. The molecule has 9 heteroatoms. The van der Waals surface area contributed by atoms with Crippen LogP contribution in [0.25, 0.3) is 10.8 Å². The van der Waals surface area contributed by atoms with Crippen LogP contribution in [-0.4, -0.2) is 33.9 Å². The molecule has 0 saturated carbocycles. The number of benzene rings is 3. The average Bonchev–Trinajstić information content (AvgIpc) is 3.45. The number of sulfonamides is 1. The summed E-state index contributed by atoms with van der Waals surface area (Å²) in [4.78, 5) is 27.9. The highest BCUT2D eigenvalue weighted by molar-refractivity contribution is 7.93. The van der Waals surface area contributed by atoms with Gasteiger partial charge in [-0.15, -0.1) is 11.3 Å². The van der Waals surface area contributed by atoms with Crippen LogP contribution in [0.2, 0.25) is 0 Å². The third kappa shape index (κ3) is 3.36. The van der Waals surface area contributed by atoms with Crippen molar-refractivity contribution >= 4 is 55.3 Å². The predicted octanol–water partition coefficient (Wildman–Crippen LogP) is 4.93. The normalized spacial score (nSPS) is 12.9. The Balaban J connectivity index is 1.71. The van der Waals surface area contributed by atoms with Crippen molar-refractivity contribution in [3.8, 4) is 5.75 Å². The van der Waals surface area contributed by atoms with Crippen LogP contribution in [0, 0.1) is 0 Å². The van der Waals surface area contributed by atoms with Crippen molar-refractivity contribution in [2.24, 2.45) is 0 Å². The first kappa shape index (κ1) is 22.1. The van der Waals surface area contributed by atoms with Gasteiger partial charge in [-0.05, 0) is 60.8 Å². The smallest absolute Gasteiger partial charge is 0.282 e. The van der Waals surface area contributed by atoms with Gasteiger partial charge in [0.2, 0.25) is 0 Å². The van der Waals surface area contributed by atoms with Gasteiger partial charge >= 0.3 is 0 Å². The fraction of sp³-hybridized carbons (Fsp3) is 0.120. The number of ether oxygens (including phenoxy) is 1. The third-order valence-corrected chi connectivity index (χ3v) is 8.32. The molecule has 2 heterocycles. The van der Waals surface area contributed by atoms with Crippen LogP contribution < -0.4 is 13.9 Å². The monoisotopic (exact) mass is 492 g/mol. The van der Waals surface area contributed by atoms with Crippen molar-refractivity contribution < 1.29 is 22.7 Å². The zero-order valence-electron chi connectivity index (χ0n) is 18.4. The van der Waals surface area contributed by atoms with Crippen LogP contribution in [0.3, 0.4) is 0 Å². The molecule has 4 aromatic rings. The van der Waals surface area contributed by atoms with E-state index in [0.717, 1.165) is 15.6 Å². The largest absolute Gasteiger partial charge is 0.494 e. The third-order valence-electron chi connectivity index (χ3n) is 5.69.